The van der Waals surface area contributed by atoms with Crippen molar-refractivity contribution in [2.45, 2.75) is 37.9 Å². The maximum Gasteiger partial charge on any atom is 0.286 e. The van der Waals surface area contributed by atoms with E-state index in [9.17, 15) is 14.0 Å². The first-order valence-corrected chi connectivity index (χ1v) is 11.5. The average Bonchev–Trinajstić information content (AvgIpc) is 3.18. The SMILES string of the molecule is O=C(CSCc1nnc(C(=O)Nc2cccc(F)c2)s1)NCCC1=CCCCC1. The molecule has 6 nitrogen and oxygen atoms in total. The van der Waals surface area contributed by atoms with Crippen LogP contribution in [0.5, 0.6) is 0 Å². The maximum atomic E-state index is 13.2. The first-order chi connectivity index (χ1) is 14.1. The van der Waals surface area contributed by atoms with Gasteiger partial charge < -0.3 is 10.6 Å². The van der Waals surface area contributed by atoms with E-state index in [4.69, 9.17) is 0 Å². The largest absolute Gasteiger partial charge is 0.355 e. The monoisotopic (exact) mass is 434 g/mol. The molecule has 1 aromatic heterocycles. The van der Waals surface area contributed by atoms with Crippen molar-refractivity contribution in [3.05, 3.63) is 51.7 Å². The summed E-state index contributed by atoms with van der Waals surface area (Å²) in [7, 11) is 0. The fourth-order valence-corrected chi connectivity index (χ4v) is 4.57. The van der Waals surface area contributed by atoms with Crippen molar-refractivity contribution in [1.82, 2.24) is 15.5 Å². The molecule has 1 heterocycles. The van der Waals surface area contributed by atoms with E-state index in [1.54, 1.807) is 6.07 Å². The molecule has 3 rings (SSSR count). The van der Waals surface area contributed by atoms with Gasteiger partial charge in [0.15, 0.2) is 0 Å². The average molecular weight is 435 g/mol. The normalized spacial score (nSPS) is 13.6. The smallest absolute Gasteiger partial charge is 0.286 e. The van der Waals surface area contributed by atoms with Crippen LogP contribution < -0.4 is 10.6 Å². The molecule has 0 fully saturated rings. The maximum absolute atomic E-state index is 13.2. The number of rotatable bonds is 9. The molecule has 29 heavy (non-hydrogen) atoms. The first-order valence-electron chi connectivity index (χ1n) is 9.52. The Balaban J connectivity index is 1.36. The van der Waals surface area contributed by atoms with Crippen LogP contribution in [0, 0.1) is 5.82 Å². The van der Waals surface area contributed by atoms with Gasteiger partial charge in [-0.05, 0) is 50.3 Å². The van der Waals surface area contributed by atoms with Gasteiger partial charge in [-0.25, -0.2) is 4.39 Å². The van der Waals surface area contributed by atoms with Crippen LogP contribution in [-0.4, -0.2) is 34.3 Å². The minimum Gasteiger partial charge on any atom is -0.355 e. The second kappa shape index (κ2) is 11.1. The summed E-state index contributed by atoms with van der Waals surface area (Å²) in [5.74, 6) is -0.0163. The summed E-state index contributed by atoms with van der Waals surface area (Å²) in [4.78, 5) is 24.1. The Kier molecular flexibility index (Phi) is 8.18. The number of aromatic nitrogens is 2. The molecule has 0 spiro atoms. The van der Waals surface area contributed by atoms with Gasteiger partial charge in [-0.2, -0.15) is 0 Å². The number of allylic oxidation sites excluding steroid dienone is 1. The van der Waals surface area contributed by atoms with E-state index in [2.05, 4.69) is 26.9 Å². The quantitative estimate of drug-likeness (QED) is 0.579. The number of benzene rings is 1. The zero-order chi connectivity index (χ0) is 20.5. The molecule has 9 heteroatoms. The number of amides is 2. The Morgan fingerprint density at radius 2 is 2.14 bits per heavy atom. The Morgan fingerprint density at radius 3 is 2.93 bits per heavy atom. The Hall–Kier alpha value is -2.26. The van der Waals surface area contributed by atoms with E-state index in [-0.39, 0.29) is 10.9 Å². The summed E-state index contributed by atoms with van der Waals surface area (Å²) in [5, 5.41) is 14.3. The lowest BCUT2D eigenvalue weighted by Gasteiger charge is -2.12. The molecule has 2 N–H and O–H groups in total. The van der Waals surface area contributed by atoms with Crippen molar-refractivity contribution in [1.29, 1.82) is 0 Å². The van der Waals surface area contributed by atoms with E-state index >= 15 is 0 Å². The second-order valence-electron chi connectivity index (χ2n) is 6.67. The fraction of sp³-hybridized carbons (Fsp3) is 0.400. The Bertz CT molecular complexity index is 885. The Morgan fingerprint density at radius 1 is 1.24 bits per heavy atom. The van der Waals surface area contributed by atoms with Crippen molar-refractivity contribution in [2.24, 2.45) is 0 Å². The molecule has 1 aliphatic carbocycles. The molecule has 0 unspecified atom stereocenters. The number of carbonyl (C=O) groups is 2. The highest BCUT2D eigenvalue weighted by atomic mass is 32.2. The fourth-order valence-electron chi connectivity index (χ4n) is 2.93. The minimum absolute atomic E-state index is 0.00000417. The third-order valence-corrected chi connectivity index (χ3v) is 6.40. The highest BCUT2D eigenvalue weighted by Crippen LogP contribution is 2.20. The van der Waals surface area contributed by atoms with Crippen molar-refractivity contribution >= 4 is 40.6 Å². The molecule has 0 bridgehead atoms. The molecule has 154 valence electrons. The third kappa shape index (κ3) is 7.25. The molecule has 2 amide bonds. The minimum atomic E-state index is -0.431. The zero-order valence-electron chi connectivity index (χ0n) is 15.9. The molecule has 1 aromatic carbocycles. The molecule has 0 aliphatic heterocycles. The van der Waals surface area contributed by atoms with E-state index in [0.29, 0.717) is 28.7 Å². The molecule has 0 atom stereocenters. The van der Waals surface area contributed by atoms with Gasteiger partial charge in [-0.1, -0.05) is 29.1 Å². The first kappa shape index (κ1) is 21.4. The number of nitrogens with zero attached hydrogens (tertiary/aromatic N) is 2. The predicted molar refractivity (Wildman–Crippen MR) is 115 cm³/mol. The number of hydrogen-bond donors (Lipinski definition) is 2. The van der Waals surface area contributed by atoms with Crippen molar-refractivity contribution in [3.63, 3.8) is 0 Å². The molecule has 0 saturated carbocycles. The summed E-state index contributed by atoms with van der Waals surface area (Å²) in [6.07, 6.45) is 8.05. The molecular weight excluding hydrogens is 411 g/mol. The van der Waals surface area contributed by atoms with Crippen LogP contribution in [-0.2, 0) is 10.5 Å². The van der Waals surface area contributed by atoms with Crippen LogP contribution in [0.25, 0.3) is 0 Å². The predicted octanol–water partition coefficient (Wildman–Crippen LogP) is 4.17. The highest BCUT2D eigenvalue weighted by molar-refractivity contribution is 7.99. The number of thioether (sulfide) groups is 1. The van der Waals surface area contributed by atoms with Crippen molar-refractivity contribution < 1.29 is 14.0 Å². The number of hydrogen-bond acceptors (Lipinski definition) is 6. The van der Waals surface area contributed by atoms with Gasteiger partial charge >= 0.3 is 0 Å². The molecule has 1 aliphatic rings. The van der Waals surface area contributed by atoms with Crippen molar-refractivity contribution in [2.75, 3.05) is 17.6 Å². The van der Waals surface area contributed by atoms with Crippen LogP contribution in [0.4, 0.5) is 10.1 Å². The zero-order valence-corrected chi connectivity index (χ0v) is 17.6. The van der Waals surface area contributed by atoms with E-state index < -0.39 is 11.7 Å². The second-order valence-corrected chi connectivity index (χ2v) is 8.71. The molecule has 0 radical (unpaired) electrons. The topological polar surface area (TPSA) is 84.0 Å². The van der Waals surface area contributed by atoms with E-state index in [1.165, 1.54) is 48.4 Å². The summed E-state index contributed by atoms with van der Waals surface area (Å²) >= 11 is 2.60. The number of halogens is 1. The lowest BCUT2D eigenvalue weighted by molar-refractivity contribution is -0.118. The number of anilines is 1. The number of nitrogens with one attached hydrogen (secondary N) is 2. The Labute approximate surface area is 177 Å². The van der Waals surface area contributed by atoms with Crippen LogP contribution >= 0.6 is 23.1 Å². The highest BCUT2D eigenvalue weighted by Gasteiger charge is 2.14. The lowest BCUT2D eigenvalue weighted by atomic mass is 9.97. The van der Waals surface area contributed by atoms with Gasteiger partial charge in [0.2, 0.25) is 10.9 Å². The van der Waals surface area contributed by atoms with Crippen molar-refractivity contribution in [3.8, 4) is 0 Å². The summed E-state index contributed by atoms with van der Waals surface area (Å²) in [5.41, 5.74) is 1.81. The molecule has 2 aromatic rings. The van der Waals surface area contributed by atoms with Gasteiger partial charge in [-0.3, -0.25) is 9.59 Å². The van der Waals surface area contributed by atoms with E-state index in [1.807, 2.05) is 0 Å². The standard InChI is InChI=1S/C20H23FN4O2S2/c21-15-7-4-8-16(11-15)23-19(27)20-25-24-18(29-20)13-28-12-17(26)22-10-9-14-5-2-1-3-6-14/h4-5,7-8,11H,1-3,6,9-10,12-13H2,(H,22,26)(H,23,27). The van der Waals surface area contributed by atoms with Crippen LogP contribution in [0.2, 0.25) is 0 Å². The van der Waals surface area contributed by atoms with Gasteiger partial charge in [0.05, 0.1) is 5.75 Å². The van der Waals surface area contributed by atoms with Crippen LogP contribution in [0.3, 0.4) is 0 Å². The van der Waals surface area contributed by atoms with E-state index in [0.717, 1.165) is 30.6 Å². The van der Waals surface area contributed by atoms with Gasteiger partial charge in [0, 0.05) is 18.0 Å². The summed E-state index contributed by atoms with van der Waals surface area (Å²) in [6, 6.07) is 5.66. The van der Waals surface area contributed by atoms with Gasteiger partial charge in [0.25, 0.3) is 5.91 Å². The molecule has 0 saturated heterocycles. The van der Waals surface area contributed by atoms with Crippen LogP contribution in [0.1, 0.15) is 46.9 Å². The molecular formula is C20H23FN4O2S2. The lowest BCUT2D eigenvalue weighted by Crippen LogP contribution is -2.26. The third-order valence-electron chi connectivity index (χ3n) is 4.36. The van der Waals surface area contributed by atoms with Crippen LogP contribution in [0.15, 0.2) is 35.9 Å². The summed E-state index contributed by atoms with van der Waals surface area (Å²) in [6.45, 7) is 0.675. The van der Waals surface area contributed by atoms with Gasteiger partial charge in [-0.15, -0.1) is 22.0 Å². The number of carbonyl (C=O) groups excluding carboxylic acids is 2. The van der Waals surface area contributed by atoms with Gasteiger partial charge in [0.1, 0.15) is 10.8 Å². The summed E-state index contributed by atoms with van der Waals surface area (Å²) < 4.78 is 13.2.